The second-order valence-corrected chi connectivity index (χ2v) is 6.47. The Morgan fingerprint density at radius 1 is 1.37 bits per heavy atom. The van der Waals surface area contributed by atoms with Crippen LogP contribution < -0.4 is 15.6 Å². The van der Waals surface area contributed by atoms with E-state index in [1.165, 1.54) is 5.01 Å². The Hall–Kier alpha value is -3.11. The molecule has 2 amide bonds. The average molecular weight is 365 g/mol. The summed E-state index contributed by atoms with van der Waals surface area (Å²) in [7, 11) is 0. The fraction of sp³-hybridized carbons (Fsp3) is 0.350. The van der Waals surface area contributed by atoms with E-state index in [4.69, 9.17) is 0 Å². The quantitative estimate of drug-likeness (QED) is 0.836. The molecule has 2 heterocycles. The van der Waals surface area contributed by atoms with Crippen molar-refractivity contribution in [2.75, 3.05) is 18.0 Å². The molecule has 0 saturated heterocycles. The summed E-state index contributed by atoms with van der Waals surface area (Å²) >= 11 is 0. The highest BCUT2D eigenvalue weighted by Crippen LogP contribution is 2.31. The van der Waals surface area contributed by atoms with Gasteiger partial charge in [-0.15, -0.1) is 0 Å². The molecule has 2 aliphatic heterocycles. The van der Waals surface area contributed by atoms with Gasteiger partial charge in [0.2, 0.25) is 5.91 Å². The average Bonchev–Trinajstić information content (AvgIpc) is 3.09. The van der Waals surface area contributed by atoms with Crippen LogP contribution in [0.2, 0.25) is 0 Å². The Bertz CT molecular complexity index is 894. The van der Waals surface area contributed by atoms with Crippen molar-refractivity contribution in [3.8, 4) is 6.07 Å². The summed E-state index contributed by atoms with van der Waals surface area (Å²) < 4.78 is 0. The van der Waals surface area contributed by atoms with Gasteiger partial charge < -0.3 is 10.2 Å². The lowest BCUT2D eigenvalue weighted by Gasteiger charge is -2.30. The van der Waals surface area contributed by atoms with E-state index in [1.807, 2.05) is 38.1 Å². The van der Waals surface area contributed by atoms with Gasteiger partial charge in [-0.25, -0.2) is 10.4 Å². The zero-order valence-electron chi connectivity index (χ0n) is 15.8. The van der Waals surface area contributed by atoms with E-state index in [2.05, 4.69) is 16.8 Å². The minimum atomic E-state index is -0.158. The minimum Gasteiger partial charge on any atom is -0.339 e. The molecule has 140 valence electrons. The van der Waals surface area contributed by atoms with Gasteiger partial charge in [0, 0.05) is 30.3 Å². The fourth-order valence-corrected chi connectivity index (χ4v) is 3.38. The summed E-state index contributed by atoms with van der Waals surface area (Å²) in [4.78, 5) is 26.6. The van der Waals surface area contributed by atoms with Crippen LogP contribution in [0, 0.1) is 11.3 Å². The number of carbonyl (C=O) groups excluding carboxylic acids is 2. The van der Waals surface area contributed by atoms with E-state index >= 15 is 0 Å². The number of carbonyl (C=O) groups is 2. The Labute approximate surface area is 158 Å². The SMILES string of the molecule is CCCN(C(C)=O)c1cccc(C2=C(CC)C(=O)N3NCC(C#N)=C3N2)c1. The fourth-order valence-electron chi connectivity index (χ4n) is 3.38. The van der Waals surface area contributed by atoms with Gasteiger partial charge in [0.1, 0.15) is 5.82 Å². The topological polar surface area (TPSA) is 88.5 Å². The van der Waals surface area contributed by atoms with Crippen molar-refractivity contribution in [1.29, 1.82) is 5.26 Å². The number of amides is 2. The summed E-state index contributed by atoms with van der Waals surface area (Å²) in [6, 6.07) is 9.72. The number of hydrogen-bond acceptors (Lipinski definition) is 5. The minimum absolute atomic E-state index is 0.0213. The maximum absolute atomic E-state index is 12.9. The standard InChI is InChI=1S/C20H23N5O2/c1-4-9-24(13(3)26)16-8-6-7-14(10-16)18-17(5-2)20(27)25-19(23-18)15(11-21)12-22-25/h6-8,10,22-23H,4-5,9,12H2,1-3H3. The van der Waals surface area contributed by atoms with Crippen molar-refractivity contribution in [1.82, 2.24) is 15.8 Å². The van der Waals surface area contributed by atoms with Crippen LogP contribution in [0.25, 0.3) is 5.70 Å². The van der Waals surface area contributed by atoms with Crippen LogP contribution in [-0.2, 0) is 9.59 Å². The molecule has 0 bridgehead atoms. The first-order chi connectivity index (χ1) is 13.0. The van der Waals surface area contributed by atoms with Crippen LogP contribution in [0.3, 0.4) is 0 Å². The zero-order chi connectivity index (χ0) is 19.6. The molecular weight excluding hydrogens is 342 g/mol. The number of nitrogens with one attached hydrogen (secondary N) is 2. The summed E-state index contributed by atoms with van der Waals surface area (Å²) in [6.07, 6.45) is 1.40. The second kappa shape index (κ2) is 7.64. The summed E-state index contributed by atoms with van der Waals surface area (Å²) in [5, 5.41) is 14.0. The largest absolute Gasteiger partial charge is 0.339 e. The van der Waals surface area contributed by atoms with Crippen molar-refractivity contribution in [2.45, 2.75) is 33.6 Å². The first kappa shape index (κ1) is 18.7. The molecule has 0 fully saturated rings. The number of rotatable bonds is 5. The molecule has 2 N–H and O–H groups in total. The molecule has 3 rings (SSSR count). The lowest BCUT2D eigenvalue weighted by molar-refractivity contribution is -0.128. The lowest BCUT2D eigenvalue weighted by Crippen LogP contribution is -2.46. The van der Waals surface area contributed by atoms with E-state index in [9.17, 15) is 14.9 Å². The van der Waals surface area contributed by atoms with Crippen molar-refractivity contribution < 1.29 is 9.59 Å². The third-order valence-corrected chi connectivity index (χ3v) is 4.69. The molecule has 27 heavy (non-hydrogen) atoms. The Morgan fingerprint density at radius 2 is 2.15 bits per heavy atom. The highest BCUT2D eigenvalue weighted by atomic mass is 16.2. The summed E-state index contributed by atoms with van der Waals surface area (Å²) in [5.41, 5.74) is 6.36. The molecule has 7 nitrogen and oxygen atoms in total. The normalized spacial score (nSPS) is 16.2. The summed E-state index contributed by atoms with van der Waals surface area (Å²) in [5.74, 6) is 0.304. The molecule has 0 saturated carbocycles. The van der Waals surface area contributed by atoms with E-state index in [-0.39, 0.29) is 11.8 Å². The maximum atomic E-state index is 12.9. The predicted molar refractivity (Wildman–Crippen MR) is 103 cm³/mol. The number of fused-ring (bicyclic) bond motifs is 1. The van der Waals surface area contributed by atoms with Crippen LogP contribution in [-0.4, -0.2) is 29.9 Å². The van der Waals surface area contributed by atoms with E-state index in [1.54, 1.807) is 11.8 Å². The number of nitriles is 1. The van der Waals surface area contributed by atoms with Crippen molar-refractivity contribution in [3.05, 3.63) is 46.8 Å². The van der Waals surface area contributed by atoms with Crippen molar-refractivity contribution in [3.63, 3.8) is 0 Å². The Kier molecular flexibility index (Phi) is 5.28. The van der Waals surface area contributed by atoms with Gasteiger partial charge >= 0.3 is 0 Å². The maximum Gasteiger partial charge on any atom is 0.272 e. The Balaban J connectivity index is 2.08. The molecule has 0 atom stereocenters. The third kappa shape index (κ3) is 3.32. The van der Waals surface area contributed by atoms with Gasteiger partial charge in [0.25, 0.3) is 5.91 Å². The predicted octanol–water partition coefficient (Wildman–Crippen LogP) is 2.26. The van der Waals surface area contributed by atoms with Crippen LogP contribution in [0.1, 0.15) is 39.2 Å². The van der Waals surface area contributed by atoms with Crippen molar-refractivity contribution >= 4 is 23.2 Å². The molecule has 2 aliphatic rings. The second-order valence-electron chi connectivity index (χ2n) is 6.47. The number of hydrogen-bond donors (Lipinski definition) is 2. The van der Waals surface area contributed by atoms with Gasteiger partial charge in [-0.2, -0.15) is 5.26 Å². The molecule has 0 radical (unpaired) electrons. The number of benzene rings is 1. The molecule has 0 aliphatic carbocycles. The molecule has 1 aromatic carbocycles. The van der Waals surface area contributed by atoms with E-state index in [0.29, 0.717) is 42.2 Å². The van der Waals surface area contributed by atoms with Gasteiger partial charge in [0.15, 0.2) is 0 Å². The monoisotopic (exact) mass is 365 g/mol. The molecule has 0 spiro atoms. The smallest absolute Gasteiger partial charge is 0.272 e. The molecule has 0 unspecified atom stereocenters. The lowest BCUT2D eigenvalue weighted by atomic mass is 10.0. The highest BCUT2D eigenvalue weighted by Gasteiger charge is 2.35. The third-order valence-electron chi connectivity index (χ3n) is 4.69. The summed E-state index contributed by atoms with van der Waals surface area (Å²) in [6.45, 7) is 6.45. The van der Waals surface area contributed by atoms with Gasteiger partial charge in [-0.1, -0.05) is 26.0 Å². The number of anilines is 1. The number of nitrogens with zero attached hydrogens (tertiary/aromatic N) is 3. The highest BCUT2D eigenvalue weighted by molar-refractivity contribution is 6.04. The van der Waals surface area contributed by atoms with Gasteiger partial charge in [0.05, 0.1) is 23.9 Å². The van der Waals surface area contributed by atoms with Gasteiger partial charge in [-0.05, 0) is 25.0 Å². The first-order valence-corrected chi connectivity index (χ1v) is 9.11. The molecule has 1 aromatic rings. The van der Waals surface area contributed by atoms with E-state index in [0.717, 1.165) is 17.7 Å². The first-order valence-electron chi connectivity index (χ1n) is 9.11. The van der Waals surface area contributed by atoms with Crippen LogP contribution in [0.4, 0.5) is 5.69 Å². The Morgan fingerprint density at radius 3 is 2.78 bits per heavy atom. The number of hydrazine groups is 1. The van der Waals surface area contributed by atoms with Crippen LogP contribution in [0.15, 0.2) is 41.2 Å². The van der Waals surface area contributed by atoms with Gasteiger partial charge in [-0.3, -0.25) is 9.59 Å². The molecule has 0 aromatic heterocycles. The van der Waals surface area contributed by atoms with Crippen molar-refractivity contribution in [2.24, 2.45) is 0 Å². The molecular formula is C20H23N5O2. The molecule has 7 heteroatoms. The zero-order valence-corrected chi connectivity index (χ0v) is 15.8. The van der Waals surface area contributed by atoms with E-state index < -0.39 is 0 Å². The van der Waals surface area contributed by atoms with Crippen LogP contribution >= 0.6 is 0 Å². The van der Waals surface area contributed by atoms with Crippen LogP contribution in [0.5, 0.6) is 0 Å².